The summed E-state index contributed by atoms with van der Waals surface area (Å²) in [4.78, 5) is 12.3. The number of hydrogen-bond acceptors (Lipinski definition) is 4. The number of amides is 1. The first-order valence-corrected chi connectivity index (χ1v) is 7.12. The molecule has 0 aliphatic rings. The zero-order valence-electron chi connectivity index (χ0n) is 13.3. The highest BCUT2D eigenvalue weighted by atomic mass is 16.5. The predicted molar refractivity (Wildman–Crippen MR) is 83.4 cm³/mol. The fraction of sp³-hybridized carbons (Fsp3) is 0.375. The molecule has 0 atom stereocenters. The van der Waals surface area contributed by atoms with Crippen molar-refractivity contribution < 1.29 is 14.3 Å². The van der Waals surface area contributed by atoms with E-state index < -0.39 is 0 Å². The van der Waals surface area contributed by atoms with Crippen molar-refractivity contribution >= 4 is 5.91 Å². The van der Waals surface area contributed by atoms with Crippen LogP contribution in [0.2, 0.25) is 0 Å². The summed E-state index contributed by atoms with van der Waals surface area (Å²) in [7, 11) is 3.18. The maximum absolute atomic E-state index is 12.3. The number of rotatable bonds is 6. The van der Waals surface area contributed by atoms with Crippen LogP contribution >= 0.6 is 0 Å². The molecule has 0 saturated carbocycles. The first-order valence-electron chi connectivity index (χ1n) is 7.12. The number of methoxy groups -OCH3 is 2. The Labute approximate surface area is 130 Å². The van der Waals surface area contributed by atoms with Crippen LogP contribution in [-0.2, 0) is 13.1 Å². The molecule has 0 aliphatic heterocycles. The highest BCUT2D eigenvalue weighted by Crippen LogP contribution is 2.27. The van der Waals surface area contributed by atoms with Gasteiger partial charge in [0.2, 0.25) is 0 Å². The van der Waals surface area contributed by atoms with E-state index in [1.54, 1.807) is 25.0 Å². The van der Waals surface area contributed by atoms with Crippen molar-refractivity contribution in [3.8, 4) is 11.5 Å². The SMILES string of the molecule is CCn1nc(C)cc1C(=O)NCc1ccc(OC)c(OC)c1. The van der Waals surface area contributed by atoms with Crippen molar-refractivity contribution in [3.63, 3.8) is 0 Å². The van der Waals surface area contributed by atoms with E-state index in [0.717, 1.165) is 11.3 Å². The van der Waals surface area contributed by atoms with Crippen molar-refractivity contribution in [3.05, 3.63) is 41.2 Å². The normalized spacial score (nSPS) is 10.4. The zero-order valence-corrected chi connectivity index (χ0v) is 13.3. The van der Waals surface area contributed by atoms with E-state index in [1.165, 1.54) is 0 Å². The summed E-state index contributed by atoms with van der Waals surface area (Å²) < 4.78 is 12.1. The van der Waals surface area contributed by atoms with Crippen LogP contribution in [0.15, 0.2) is 24.3 Å². The first kappa shape index (κ1) is 15.9. The molecule has 6 heteroatoms. The second-order valence-electron chi connectivity index (χ2n) is 4.86. The molecule has 1 N–H and O–H groups in total. The quantitative estimate of drug-likeness (QED) is 0.888. The van der Waals surface area contributed by atoms with E-state index in [0.29, 0.717) is 30.3 Å². The minimum Gasteiger partial charge on any atom is -0.493 e. The largest absolute Gasteiger partial charge is 0.493 e. The standard InChI is InChI=1S/C16H21N3O3/c1-5-19-13(8-11(2)18-19)16(20)17-10-12-6-7-14(21-3)15(9-12)22-4/h6-9H,5,10H2,1-4H3,(H,17,20). The van der Waals surface area contributed by atoms with Crippen LogP contribution < -0.4 is 14.8 Å². The molecule has 0 saturated heterocycles. The lowest BCUT2D eigenvalue weighted by Gasteiger charge is -2.10. The van der Waals surface area contributed by atoms with Crippen LogP contribution in [0, 0.1) is 6.92 Å². The Hall–Kier alpha value is -2.50. The monoisotopic (exact) mass is 303 g/mol. The van der Waals surface area contributed by atoms with Crippen molar-refractivity contribution in [2.24, 2.45) is 0 Å². The number of carbonyl (C=O) groups is 1. The topological polar surface area (TPSA) is 65.4 Å². The molecule has 0 unspecified atom stereocenters. The van der Waals surface area contributed by atoms with Gasteiger partial charge in [-0.05, 0) is 37.6 Å². The van der Waals surface area contributed by atoms with Crippen molar-refractivity contribution in [2.75, 3.05) is 14.2 Å². The number of benzene rings is 1. The highest BCUT2D eigenvalue weighted by molar-refractivity contribution is 5.92. The summed E-state index contributed by atoms with van der Waals surface area (Å²) in [5.74, 6) is 1.16. The average molecular weight is 303 g/mol. The number of carbonyl (C=O) groups excluding carboxylic acids is 1. The Bertz CT molecular complexity index is 665. The Morgan fingerprint density at radius 1 is 1.23 bits per heavy atom. The molecule has 1 aromatic heterocycles. The fourth-order valence-electron chi connectivity index (χ4n) is 2.23. The van der Waals surface area contributed by atoms with Crippen LogP contribution in [0.5, 0.6) is 11.5 Å². The van der Waals surface area contributed by atoms with Crippen LogP contribution in [0.1, 0.15) is 28.7 Å². The summed E-state index contributed by atoms with van der Waals surface area (Å²) in [5, 5.41) is 7.17. The Morgan fingerprint density at radius 2 is 1.95 bits per heavy atom. The number of aromatic nitrogens is 2. The molecular weight excluding hydrogens is 282 g/mol. The van der Waals surface area contributed by atoms with Crippen molar-refractivity contribution in [1.82, 2.24) is 15.1 Å². The van der Waals surface area contributed by atoms with Crippen molar-refractivity contribution in [2.45, 2.75) is 26.9 Å². The molecular formula is C16H21N3O3. The molecule has 1 amide bonds. The highest BCUT2D eigenvalue weighted by Gasteiger charge is 2.13. The first-order chi connectivity index (χ1) is 10.6. The molecule has 0 fully saturated rings. The Balaban J connectivity index is 2.07. The third kappa shape index (κ3) is 3.39. The summed E-state index contributed by atoms with van der Waals surface area (Å²) in [6, 6.07) is 7.35. The van der Waals surface area contributed by atoms with Crippen LogP contribution in [0.3, 0.4) is 0 Å². The van der Waals surface area contributed by atoms with E-state index in [1.807, 2.05) is 32.0 Å². The van der Waals surface area contributed by atoms with Gasteiger partial charge in [-0.2, -0.15) is 5.10 Å². The van der Waals surface area contributed by atoms with Gasteiger partial charge < -0.3 is 14.8 Å². The molecule has 1 heterocycles. The van der Waals surface area contributed by atoms with Gasteiger partial charge in [0.25, 0.3) is 5.91 Å². The molecule has 22 heavy (non-hydrogen) atoms. The molecule has 0 spiro atoms. The second-order valence-corrected chi connectivity index (χ2v) is 4.86. The molecule has 0 radical (unpaired) electrons. The average Bonchev–Trinajstić information content (AvgIpc) is 2.93. The third-order valence-corrected chi connectivity index (χ3v) is 3.34. The van der Waals surface area contributed by atoms with Gasteiger partial charge in [0.05, 0.1) is 19.9 Å². The lowest BCUT2D eigenvalue weighted by Crippen LogP contribution is -2.25. The van der Waals surface area contributed by atoms with Gasteiger partial charge in [0, 0.05) is 13.1 Å². The maximum atomic E-state index is 12.3. The van der Waals surface area contributed by atoms with E-state index in [9.17, 15) is 4.79 Å². The van der Waals surface area contributed by atoms with Crippen molar-refractivity contribution in [1.29, 1.82) is 0 Å². The number of ether oxygens (including phenoxy) is 2. The molecule has 118 valence electrons. The summed E-state index contributed by atoms with van der Waals surface area (Å²) >= 11 is 0. The van der Waals surface area contributed by atoms with Gasteiger partial charge in [0.15, 0.2) is 11.5 Å². The van der Waals surface area contributed by atoms with Crippen LogP contribution in [0.25, 0.3) is 0 Å². The Morgan fingerprint density at radius 3 is 2.59 bits per heavy atom. The lowest BCUT2D eigenvalue weighted by molar-refractivity contribution is 0.0940. The van der Waals surface area contributed by atoms with E-state index in [-0.39, 0.29) is 5.91 Å². The number of nitrogens with one attached hydrogen (secondary N) is 1. The minimum absolute atomic E-state index is 0.141. The maximum Gasteiger partial charge on any atom is 0.269 e. The Kier molecular flexibility index (Phi) is 5.04. The van der Waals surface area contributed by atoms with Gasteiger partial charge in [0.1, 0.15) is 5.69 Å². The molecule has 2 aromatic rings. The summed E-state index contributed by atoms with van der Waals surface area (Å²) in [6.07, 6.45) is 0. The summed E-state index contributed by atoms with van der Waals surface area (Å²) in [5.41, 5.74) is 2.34. The van der Waals surface area contributed by atoms with E-state index >= 15 is 0 Å². The van der Waals surface area contributed by atoms with Gasteiger partial charge >= 0.3 is 0 Å². The lowest BCUT2D eigenvalue weighted by atomic mass is 10.2. The van der Waals surface area contributed by atoms with Gasteiger partial charge in [-0.25, -0.2) is 0 Å². The van der Waals surface area contributed by atoms with Gasteiger partial charge in [-0.1, -0.05) is 6.07 Å². The molecule has 2 rings (SSSR count). The smallest absolute Gasteiger partial charge is 0.269 e. The number of nitrogens with zero attached hydrogens (tertiary/aromatic N) is 2. The number of aryl methyl sites for hydroxylation is 2. The van der Waals surface area contributed by atoms with Crippen LogP contribution in [-0.4, -0.2) is 29.9 Å². The fourth-order valence-corrected chi connectivity index (χ4v) is 2.23. The summed E-state index contributed by atoms with van der Waals surface area (Å²) in [6.45, 7) is 4.90. The minimum atomic E-state index is -0.141. The molecule has 1 aromatic carbocycles. The molecule has 6 nitrogen and oxygen atoms in total. The van der Waals surface area contributed by atoms with Gasteiger partial charge in [-0.15, -0.1) is 0 Å². The molecule has 0 aliphatic carbocycles. The number of hydrogen-bond donors (Lipinski definition) is 1. The second kappa shape index (κ2) is 6.98. The predicted octanol–water partition coefficient (Wildman–Crippen LogP) is 2.16. The zero-order chi connectivity index (χ0) is 16.1. The molecule has 0 bridgehead atoms. The van der Waals surface area contributed by atoms with Gasteiger partial charge in [-0.3, -0.25) is 9.48 Å². The van der Waals surface area contributed by atoms with Crippen LogP contribution in [0.4, 0.5) is 0 Å². The van der Waals surface area contributed by atoms with E-state index in [2.05, 4.69) is 10.4 Å². The van der Waals surface area contributed by atoms with E-state index in [4.69, 9.17) is 9.47 Å². The third-order valence-electron chi connectivity index (χ3n) is 3.34.